The Bertz CT molecular complexity index is 1080. The van der Waals surface area contributed by atoms with E-state index in [0.29, 0.717) is 16.9 Å². The molecule has 1 aliphatic heterocycles. The zero-order valence-corrected chi connectivity index (χ0v) is 17.6. The largest absolute Gasteiger partial charge is 0.484 e. The molecule has 8 nitrogen and oxygen atoms in total. The number of hydrogen-bond donors (Lipinski definition) is 2. The molecule has 9 heteroatoms. The maximum atomic E-state index is 14.5. The van der Waals surface area contributed by atoms with Gasteiger partial charge in [0.05, 0.1) is 11.2 Å². The smallest absolute Gasteiger partial charge is 0.167 e. The Morgan fingerprint density at radius 2 is 1.97 bits per heavy atom. The van der Waals surface area contributed by atoms with Gasteiger partial charge < -0.3 is 14.7 Å². The van der Waals surface area contributed by atoms with Crippen LogP contribution in [0.1, 0.15) is 26.2 Å². The second-order valence-electron chi connectivity index (χ2n) is 8.62. The maximum Gasteiger partial charge on any atom is 0.167 e. The van der Waals surface area contributed by atoms with E-state index in [4.69, 9.17) is 9.84 Å². The second kappa shape index (κ2) is 8.05. The molecule has 1 aromatic carbocycles. The van der Waals surface area contributed by atoms with Crippen LogP contribution in [0.3, 0.4) is 0 Å². The van der Waals surface area contributed by atoms with Crippen molar-refractivity contribution >= 4 is 16.7 Å². The molecule has 1 saturated carbocycles. The summed E-state index contributed by atoms with van der Waals surface area (Å²) in [6.07, 6.45) is 4.22. The predicted octanol–water partition coefficient (Wildman–Crippen LogP) is 2.59. The van der Waals surface area contributed by atoms with Gasteiger partial charge in [-0.3, -0.25) is 10.00 Å². The zero-order chi connectivity index (χ0) is 21.4. The van der Waals surface area contributed by atoms with Gasteiger partial charge in [-0.25, -0.2) is 14.4 Å². The summed E-state index contributed by atoms with van der Waals surface area (Å²) in [5, 5.41) is 17.1. The number of aromatic nitrogens is 4. The molecule has 31 heavy (non-hydrogen) atoms. The van der Waals surface area contributed by atoms with Gasteiger partial charge in [0, 0.05) is 56.8 Å². The molecule has 1 saturated heterocycles. The van der Waals surface area contributed by atoms with Crippen LogP contribution in [-0.4, -0.2) is 75.1 Å². The number of aliphatic hydroxyl groups is 1. The minimum absolute atomic E-state index is 0.225. The highest BCUT2D eigenvalue weighted by molar-refractivity contribution is 5.93. The molecule has 2 aromatic heterocycles. The van der Waals surface area contributed by atoms with Gasteiger partial charge in [-0.2, -0.15) is 5.10 Å². The number of halogens is 1. The summed E-state index contributed by atoms with van der Waals surface area (Å²) in [6.45, 7) is 6.73. The van der Waals surface area contributed by atoms with Gasteiger partial charge in [0.15, 0.2) is 11.6 Å². The van der Waals surface area contributed by atoms with E-state index in [2.05, 4.69) is 30.0 Å². The van der Waals surface area contributed by atoms with Crippen LogP contribution in [0, 0.1) is 5.82 Å². The van der Waals surface area contributed by atoms with Gasteiger partial charge in [0.2, 0.25) is 0 Å². The molecule has 3 heterocycles. The lowest BCUT2D eigenvalue weighted by Crippen LogP contribution is -2.47. The van der Waals surface area contributed by atoms with Crippen LogP contribution < -0.4 is 9.64 Å². The molecule has 0 spiro atoms. The number of ether oxygens (including phenoxy) is 1. The van der Waals surface area contributed by atoms with E-state index in [1.165, 1.54) is 6.07 Å². The van der Waals surface area contributed by atoms with E-state index in [0.717, 1.165) is 63.2 Å². The molecule has 0 atom stereocenters. The normalized spacial score (nSPS) is 18.5. The van der Waals surface area contributed by atoms with Gasteiger partial charge in [0.25, 0.3) is 0 Å². The van der Waals surface area contributed by atoms with Crippen LogP contribution in [0.25, 0.3) is 22.3 Å². The van der Waals surface area contributed by atoms with Gasteiger partial charge in [-0.1, -0.05) is 0 Å². The number of nitrogens with one attached hydrogen (secondary N) is 1. The molecule has 2 N–H and O–H groups in total. The van der Waals surface area contributed by atoms with Crippen LogP contribution in [0.15, 0.2) is 24.5 Å². The molecule has 0 amide bonds. The van der Waals surface area contributed by atoms with Crippen molar-refractivity contribution in [2.75, 3.05) is 44.2 Å². The summed E-state index contributed by atoms with van der Waals surface area (Å²) in [4.78, 5) is 13.5. The quantitative estimate of drug-likeness (QED) is 0.600. The van der Waals surface area contributed by atoms with Crippen molar-refractivity contribution in [1.29, 1.82) is 0 Å². The minimum atomic E-state index is -0.390. The topological polar surface area (TPSA) is 90.4 Å². The maximum absolute atomic E-state index is 14.5. The first-order chi connectivity index (χ1) is 15.0. The fourth-order valence-electron chi connectivity index (χ4n) is 3.98. The lowest BCUT2D eigenvalue weighted by atomic mass is 10.1. The number of benzene rings is 1. The summed E-state index contributed by atoms with van der Waals surface area (Å²) < 4.78 is 20.4. The number of aliphatic hydroxyl groups excluding tert-OH is 1. The van der Waals surface area contributed by atoms with Crippen molar-refractivity contribution in [3.05, 3.63) is 30.3 Å². The van der Waals surface area contributed by atoms with E-state index in [1.807, 2.05) is 13.0 Å². The molecule has 1 aliphatic carbocycles. The monoisotopic (exact) mass is 426 g/mol. The van der Waals surface area contributed by atoms with Gasteiger partial charge in [0.1, 0.15) is 23.4 Å². The molecule has 5 rings (SSSR count). The Kier molecular flexibility index (Phi) is 5.23. The van der Waals surface area contributed by atoms with E-state index in [9.17, 15) is 4.39 Å². The standard InChI is InChI=1S/C22H27FN6O2/c1-22(3-4-22)31-19-11-15-17(12-16(19)23)26-27-21(15)18-13-20(25-14-24-18)29-8-6-28(7-9-29)5-2-10-30/h11-14,30H,2-10H2,1H3,(H,26,27). The molecule has 0 bridgehead atoms. The molecule has 0 radical (unpaired) electrons. The van der Waals surface area contributed by atoms with Crippen molar-refractivity contribution in [2.45, 2.75) is 31.8 Å². The van der Waals surface area contributed by atoms with Crippen LogP contribution in [0.4, 0.5) is 10.2 Å². The number of H-pyrrole nitrogens is 1. The number of anilines is 1. The van der Waals surface area contributed by atoms with Crippen molar-refractivity contribution < 1.29 is 14.2 Å². The molecule has 164 valence electrons. The van der Waals surface area contributed by atoms with Crippen LogP contribution in [-0.2, 0) is 0 Å². The summed E-state index contributed by atoms with van der Waals surface area (Å²) in [5.41, 5.74) is 1.69. The number of rotatable bonds is 7. The number of fused-ring (bicyclic) bond motifs is 1. The summed E-state index contributed by atoms with van der Waals surface area (Å²) >= 11 is 0. The minimum Gasteiger partial charge on any atom is -0.484 e. The second-order valence-corrected chi connectivity index (χ2v) is 8.62. The van der Waals surface area contributed by atoms with Crippen molar-refractivity contribution in [3.63, 3.8) is 0 Å². The Labute approximate surface area is 180 Å². The molecule has 2 fully saturated rings. The first-order valence-electron chi connectivity index (χ1n) is 10.8. The predicted molar refractivity (Wildman–Crippen MR) is 116 cm³/mol. The zero-order valence-electron chi connectivity index (χ0n) is 17.6. The van der Waals surface area contributed by atoms with E-state index in [1.54, 1.807) is 12.4 Å². The van der Waals surface area contributed by atoms with E-state index in [-0.39, 0.29) is 18.0 Å². The van der Waals surface area contributed by atoms with E-state index < -0.39 is 5.82 Å². The van der Waals surface area contributed by atoms with Gasteiger partial charge >= 0.3 is 0 Å². The Hall–Kier alpha value is -2.78. The summed E-state index contributed by atoms with van der Waals surface area (Å²) in [5.74, 6) is 0.716. The van der Waals surface area contributed by atoms with Crippen molar-refractivity contribution in [2.24, 2.45) is 0 Å². The highest BCUT2D eigenvalue weighted by Crippen LogP contribution is 2.41. The third-order valence-electron chi connectivity index (χ3n) is 6.15. The van der Waals surface area contributed by atoms with Gasteiger partial charge in [-0.15, -0.1) is 0 Å². The van der Waals surface area contributed by atoms with Crippen LogP contribution >= 0.6 is 0 Å². The highest BCUT2D eigenvalue weighted by Gasteiger charge is 2.40. The first kappa shape index (κ1) is 20.1. The van der Waals surface area contributed by atoms with E-state index >= 15 is 0 Å². The average Bonchev–Trinajstić information content (AvgIpc) is 3.37. The molecule has 3 aromatic rings. The third-order valence-corrected chi connectivity index (χ3v) is 6.15. The lowest BCUT2D eigenvalue weighted by molar-refractivity contribution is 0.191. The number of nitrogens with zero attached hydrogens (tertiary/aromatic N) is 5. The summed E-state index contributed by atoms with van der Waals surface area (Å²) in [7, 11) is 0. The molecular weight excluding hydrogens is 399 g/mol. The van der Waals surface area contributed by atoms with Gasteiger partial charge in [-0.05, 0) is 32.3 Å². The lowest BCUT2D eigenvalue weighted by Gasteiger charge is -2.35. The Balaban J connectivity index is 1.39. The third kappa shape index (κ3) is 4.20. The Morgan fingerprint density at radius 3 is 2.71 bits per heavy atom. The average molecular weight is 426 g/mol. The SMILES string of the molecule is CC1(Oc2cc3c(-c4cc(N5CCN(CCCO)CC5)ncn4)n[nH]c3cc2F)CC1. The number of aromatic amines is 1. The number of hydrogen-bond acceptors (Lipinski definition) is 7. The molecular formula is C22H27FN6O2. The fraction of sp³-hybridized carbons (Fsp3) is 0.500. The highest BCUT2D eigenvalue weighted by atomic mass is 19.1. The number of piperazine rings is 1. The molecule has 0 unspecified atom stereocenters. The summed E-state index contributed by atoms with van der Waals surface area (Å²) in [6, 6.07) is 5.08. The fourth-order valence-corrected chi connectivity index (χ4v) is 3.98. The first-order valence-corrected chi connectivity index (χ1v) is 10.8. The van der Waals surface area contributed by atoms with Crippen LogP contribution in [0.5, 0.6) is 5.75 Å². The van der Waals surface area contributed by atoms with Crippen molar-refractivity contribution in [1.82, 2.24) is 25.1 Å². The van der Waals surface area contributed by atoms with Crippen LogP contribution in [0.2, 0.25) is 0 Å². The molecule has 2 aliphatic rings. The Morgan fingerprint density at radius 1 is 1.16 bits per heavy atom. The van der Waals surface area contributed by atoms with Crippen molar-refractivity contribution in [3.8, 4) is 17.1 Å².